The first kappa shape index (κ1) is 36.0. The highest BCUT2D eigenvalue weighted by Crippen LogP contribution is 2.42. The number of pyridine rings is 1. The van der Waals surface area contributed by atoms with E-state index in [9.17, 15) is 27.3 Å². The molecular weight excluding hydrogens is 725 g/mol. The molecule has 0 amide bonds. The minimum Gasteiger partial charge on any atom is -0.573 e. The zero-order chi connectivity index (χ0) is 37.7. The number of methoxy groups -OCH3 is 1. The van der Waals surface area contributed by atoms with Crippen LogP contribution in [0.3, 0.4) is 0 Å². The summed E-state index contributed by atoms with van der Waals surface area (Å²) in [6.07, 6.45) is 2.93. The first-order valence-corrected chi connectivity index (χ1v) is 18.6. The molecule has 15 heteroatoms. The third-order valence-electron chi connectivity index (χ3n) is 10.5. The molecule has 5 heterocycles. The number of likely N-dealkylation sites (tertiary alicyclic amines) is 1. The summed E-state index contributed by atoms with van der Waals surface area (Å²) < 4.78 is 79.7. The quantitative estimate of drug-likeness (QED) is 0.0717. The summed E-state index contributed by atoms with van der Waals surface area (Å²) in [7, 11) is 1.23. The highest BCUT2D eigenvalue weighted by atomic mass is 32.2. The fourth-order valence-electron chi connectivity index (χ4n) is 7.65. The summed E-state index contributed by atoms with van der Waals surface area (Å²) in [6.45, 7) is 4.61. The number of hydrogen-bond donors (Lipinski definition) is 2. The van der Waals surface area contributed by atoms with E-state index in [4.69, 9.17) is 0 Å². The number of fused-ring (bicyclic) bond motifs is 1. The van der Waals surface area contributed by atoms with Crippen LogP contribution < -0.4 is 9.62 Å². The Bertz CT molecular complexity index is 2240. The summed E-state index contributed by atoms with van der Waals surface area (Å²) >= 11 is -1.97. The topological polar surface area (TPSA) is 117 Å². The van der Waals surface area contributed by atoms with Crippen LogP contribution in [0.1, 0.15) is 38.3 Å². The average Bonchev–Trinajstić information content (AvgIpc) is 3.77. The molecule has 2 aromatic heterocycles. The average molecular weight is 761 g/mol. The van der Waals surface area contributed by atoms with E-state index in [-0.39, 0.29) is 41.7 Å². The fraction of sp³-hybridized carbons (Fsp3) is 0.308. The number of nitrogens with zero attached hydrogens (tertiary/aromatic N) is 4. The maximum absolute atomic E-state index is 15.6. The second-order valence-electron chi connectivity index (χ2n) is 14.2. The van der Waals surface area contributed by atoms with Crippen LogP contribution in [0.25, 0.3) is 22.2 Å². The van der Waals surface area contributed by atoms with Crippen molar-refractivity contribution in [1.29, 1.82) is 0 Å². The SMILES string of the molecule is COC(=O)c1ccc(N2CC3(CN(CCc4ccc(-c5cnc6[nH]cc(C(=O)c7c(F)ccc(N[S+]([O-])N8CCC(F)C8)c7F)c6c5)cc4)C3)C2)cc1F. The highest BCUT2D eigenvalue weighted by Gasteiger charge is 2.51. The summed E-state index contributed by atoms with van der Waals surface area (Å²) in [5.41, 5.74) is 2.85. The van der Waals surface area contributed by atoms with Crippen LogP contribution in [0, 0.1) is 22.9 Å². The number of alkyl halides is 1. The summed E-state index contributed by atoms with van der Waals surface area (Å²) in [4.78, 5) is 37.2. The van der Waals surface area contributed by atoms with E-state index in [2.05, 4.69) is 29.2 Å². The second-order valence-corrected chi connectivity index (χ2v) is 15.4. The molecule has 0 aliphatic carbocycles. The molecule has 0 saturated carbocycles. The zero-order valence-electron chi connectivity index (χ0n) is 29.2. The molecule has 3 saturated heterocycles. The monoisotopic (exact) mass is 760 g/mol. The molecule has 1 spiro atoms. The number of esters is 1. The van der Waals surface area contributed by atoms with Gasteiger partial charge in [-0.15, -0.1) is 4.31 Å². The molecule has 2 atom stereocenters. The normalized spacial score (nSPS) is 18.8. The number of nitrogens with one attached hydrogen (secondary N) is 2. The number of H-pyrrole nitrogens is 1. The number of carbonyl (C=O) groups is 2. The van der Waals surface area contributed by atoms with Crippen molar-refractivity contribution >= 4 is 45.7 Å². The number of rotatable bonds is 11. The smallest absolute Gasteiger partial charge is 0.340 e. The van der Waals surface area contributed by atoms with Crippen molar-refractivity contribution < 1.29 is 36.4 Å². The second kappa shape index (κ2) is 14.4. The van der Waals surface area contributed by atoms with Crippen molar-refractivity contribution in [2.75, 3.05) is 62.5 Å². The lowest BCUT2D eigenvalue weighted by Crippen LogP contribution is -2.72. The molecule has 5 aromatic rings. The van der Waals surface area contributed by atoms with Crippen LogP contribution >= 0.6 is 0 Å². The maximum atomic E-state index is 15.6. The number of ketones is 1. The van der Waals surface area contributed by atoms with E-state index in [1.807, 2.05) is 24.3 Å². The molecule has 3 aliphatic heterocycles. The van der Waals surface area contributed by atoms with Gasteiger partial charge in [0.25, 0.3) is 0 Å². The Balaban J connectivity index is 0.885. The van der Waals surface area contributed by atoms with E-state index >= 15 is 4.39 Å². The predicted octanol–water partition coefficient (Wildman–Crippen LogP) is 6.06. The van der Waals surface area contributed by atoms with Crippen molar-refractivity contribution in [1.82, 2.24) is 19.2 Å². The molecule has 2 N–H and O–H groups in total. The van der Waals surface area contributed by atoms with Crippen LogP contribution in [-0.2, 0) is 22.7 Å². The van der Waals surface area contributed by atoms with Gasteiger partial charge in [-0.25, -0.2) is 27.3 Å². The summed E-state index contributed by atoms with van der Waals surface area (Å²) in [6, 6.07) is 16.4. The number of carbonyl (C=O) groups excluding carboxylic acids is 2. The first-order valence-electron chi connectivity index (χ1n) is 17.5. The van der Waals surface area contributed by atoms with E-state index in [0.717, 1.165) is 68.1 Å². The van der Waals surface area contributed by atoms with Gasteiger partial charge in [-0.1, -0.05) is 24.3 Å². The van der Waals surface area contributed by atoms with Crippen LogP contribution in [-0.4, -0.2) is 94.6 Å². The van der Waals surface area contributed by atoms with Gasteiger partial charge in [-0.3, -0.25) is 4.79 Å². The molecule has 54 heavy (non-hydrogen) atoms. The van der Waals surface area contributed by atoms with Gasteiger partial charge in [0, 0.05) is 79.3 Å². The fourth-order valence-corrected chi connectivity index (χ4v) is 8.70. The molecule has 2 unspecified atom stereocenters. The number of aromatic amines is 1. The van der Waals surface area contributed by atoms with Gasteiger partial charge in [0.15, 0.2) is 17.4 Å². The van der Waals surface area contributed by atoms with Crippen molar-refractivity contribution in [3.05, 3.63) is 113 Å². The van der Waals surface area contributed by atoms with Gasteiger partial charge >= 0.3 is 5.97 Å². The van der Waals surface area contributed by atoms with Crippen LogP contribution in [0.4, 0.5) is 28.9 Å². The van der Waals surface area contributed by atoms with Crippen molar-refractivity contribution in [2.24, 2.45) is 5.41 Å². The lowest BCUT2D eigenvalue weighted by Gasteiger charge is -2.61. The number of anilines is 2. The predicted molar refractivity (Wildman–Crippen MR) is 197 cm³/mol. The minimum atomic E-state index is -1.97. The lowest BCUT2D eigenvalue weighted by atomic mass is 9.72. The Kier molecular flexibility index (Phi) is 9.58. The summed E-state index contributed by atoms with van der Waals surface area (Å²) in [5, 5.41) is 0.387. The molecule has 0 radical (unpaired) electrons. The lowest BCUT2D eigenvalue weighted by molar-refractivity contribution is -0.0206. The molecule has 8 rings (SSSR count). The number of hydrogen-bond acceptors (Lipinski definition) is 9. The summed E-state index contributed by atoms with van der Waals surface area (Å²) in [5.74, 6) is -4.45. The molecule has 3 aromatic carbocycles. The van der Waals surface area contributed by atoms with Crippen molar-refractivity contribution in [2.45, 2.75) is 19.0 Å². The minimum absolute atomic E-state index is 0.0254. The largest absolute Gasteiger partial charge is 0.573 e. The number of benzene rings is 3. The van der Waals surface area contributed by atoms with Gasteiger partial charge < -0.3 is 24.1 Å². The van der Waals surface area contributed by atoms with E-state index in [1.165, 1.54) is 29.7 Å². The Hall–Kier alpha value is -4.96. The van der Waals surface area contributed by atoms with Gasteiger partial charge in [0.05, 0.1) is 24.8 Å². The van der Waals surface area contributed by atoms with E-state index in [0.29, 0.717) is 16.6 Å². The van der Waals surface area contributed by atoms with Crippen molar-refractivity contribution in [3.8, 4) is 11.1 Å². The van der Waals surface area contributed by atoms with Gasteiger partial charge in [-0.05, 0) is 60.4 Å². The molecule has 10 nitrogen and oxygen atoms in total. The Labute approximate surface area is 311 Å². The number of halogens is 4. The standard InChI is InChI=1S/C39H36F4N6O4S/c1-53-38(51)28-7-6-27(15-32(28)42)48-21-39(22-48)19-47(20-39)12-10-23-2-4-24(5-3-23)25-14-29-30(17-45-37(29)44-16-25)36(50)34-31(41)8-9-33(35(34)43)46-54(52)49-13-11-26(40)18-49/h2-9,14-17,26,46H,10-13,18-22H2,1H3,(H,44,45). The van der Waals surface area contributed by atoms with Gasteiger partial charge in [-0.2, -0.15) is 4.72 Å². The molecular formula is C39H36F4N6O4S. The Morgan fingerprint density at radius 3 is 2.48 bits per heavy atom. The third-order valence-corrected chi connectivity index (χ3v) is 11.7. The molecule has 0 bridgehead atoms. The van der Waals surface area contributed by atoms with Crippen LogP contribution in [0.2, 0.25) is 0 Å². The molecule has 3 aliphatic rings. The van der Waals surface area contributed by atoms with E-state index < -0.39 is 52.5 Å². The van der Waals surface area contributed by atoms with Gasteiger partial charge in [0.1, 0.15) is 29.1 Å². The zero-order valence-corrected chi connectivity index (χ0v) is 30.0. The number of aromatic nitrogens is 2. The van der Waals surface area contributed by atoms with Crippen molar-refractivity contribution in [3.63, 3.8) is 0 Å². The molecule has 280 valence electrons. The maximum Gasteiger partial charge on any atom is 0.340 e. The van der Waals surface area contributed by atoms with Crippen LogP contribution in [0.15, 0.2) is 73.1 Å². The van der Waals surface area contributed by atoms with E-state index in [1.54, 1.807) is 18.3 Å². The first-order chi connectivity index (χ1) is 26.0. The molecule has 3 fully saturated rings. The number of ether oxygens (including phenoxy) is 1. The highest BCUT2D eigenvalue weighted by molar-refractivity contribution is 7.90. The Morgan fingerprint density at radius 2 is 1.78 bits per heavy atom. The third kappa shape index (κ3) is 6.81. The van der Waals surface area contributed by atoms with Crippen LogP contribution in [0.5, 0.6) is 0 Å². The van der Waals surface area contributed by atoms with Gasteiger partial charge in [0.2, 0.25) is 5.78 Å². The Morgan fingerprint density at radius 1 is 1.00 bits per heavy atom.